The van der Waals surface area contributed by atoms with E-state index in [4.69, 9.17) is 0 Å². The van der Waals surface area contributed by atoms with E-state index < -0.39 is 0 Å². The number of nitrogens with one attached hydrogen (secondary N) is 1. The highest BCUT2D eigenvalue weighted by atomic mass is 16.2. The normalized spacial score (nSPS) is 16.6. The molecule has 0 aliphatic carbocycles. The summed E-state index contributed by atoms with van der Waals surface area (Å²) in [5.74, 6) is 0.0759. The molecule has 1 aliphatic heterocycles. The van der Waals surface area contributed by atoms with Crippen LogP contribution in [0.5, 0.6) is 0 Å². The number of rotatable bonds is 3. The summed E-state index contributed by atoms with van der Waals surface area (Å²) >= 11 is 0. The summed E-state index contributed by atoms with van der Waals surface area (Å²) in [5, 5.41) is 2.67. The molecule has 0 atom stereocenters. The van der Waals surface area contributed by atoms with Gasteiger partial charge in [-0.3, -0.25) is 4.79 Å². The van der Waals surface area contributed by atoms with Gasteiger partial charge in [0.15, 0.2) is 5.78 Å². The van der Waals surface area contributed by atoms with Crippen molar-refractivity contribution in [2.24, 2.45) is 5.92 Å². The predicted molar refractivity (Wildman–Crippen MR) is 58.7 cm³/mol. The van der Waals surface area contributed by atoms with E-state index in [0.717, 1.165) is 25.9 Å². The molecule has 86 valence electrons. The molecule has 1 saturated heterocycles. The van der Waals surface area contributed by atoms with Crippen molar-refractivity contribution >= 4 is 11.8 Å². The summed E-state index contributed by atoms with van der Waals surface area (Å²) in [4.78, 5) is 24.7. The number of carbonyl (C=O) groups excluding carboxylic acids is 2. The van der Waals surface area contributed by atoms with Crippen molar-refractivity contribution in [3.63, 3.8) is 0 Å². The van der Waals surface area contributed by atoms with Crippen LogP contribution in [0.25, 0.3) is 0 Å². The minimum atomic E-state index is -0.0938. The fourth-order valence-corrected chi connectivity index (χ4v) is 1.58. The Balaban J connectivity index is 2.26. The Kier molecular flexibility index (Phi) is 4.59. The van der Waals surface area contributed by atoms with Gasteiger partial charge in [-0.2, -0.15) is 0 Å². The van der Waals surface area contributed by atoms with E-state index in [9.17, 15) is 9.59 Å². The summed E-state index contributed by atoms with van der Waals surface area (Å²) in [6, 6.07) is -0.0938. The molecule has 1 rings (SSSR count). The number of amides is 2. The molecule has 0 spiro atoms. The van der Waals surface area contributed by atoms with Gasteiger partial charge >= 0.3 is 6.03 Å². The highest BCUT2D eigenvalue weighted by Crippen LogP contribution is 2.08. The Morgan fingerprint density at radius 3 is 2.33 bits per heavy atom. The zero-order chi connectivity index (χ0) is 11.3. The van der Waals surface area contributed by atoms with Crippen LogP contribution in [-0.2, 0) is 4.79 Å². The average Bonchev–Trinajstić information content (AvgIpc) is 2.26. The van der Waals surface area contributed by atoms with Gasteiger partial charge in [0, 0.05) is 19.0 Å². The van der Waals surface area contributed by atoms with Crippen LogP contribution in [-0.4, -0.2) is 36.3 Å². The summed E-state index contributed by atoms with van der Waals surface area (Å²) < 4.78 is 0. The second-order valence-electron chi connectivity index (χ2n) is 4.33. The lowest BCUT2D eigenvalue weighted by molar-refractivity contribution is -0.120. The van der Waals surface area contributed by atoms with E-state index in [2.05, 4.69) is 5.32 Å². The Morgan fingerprint density at radius 2 is 1.80 bits per heavy atom. The van der Waals surface area contributed by atoms with Crippen molar-refractivity contribution in [2.45, 2.75) is 33.1 Å². The molecule has 4 heteroatoms. The predicted octanol–water partition coefficient (Wildman–Crippen LogP) is 1.41. The minimum absolute atomic E-state index is 0.00773. The van der Waals surface area contributed by atoms with Crippen molar-refractivity contribution < 1.29 is 9.59 Å². The van der Waals surface area contributed by atoms with Gasteiger partial charge in [0.1, 0.15) is 0 Å². The maximum atomic E-state index is 11.6. The van der Waals surface area contributed by atoms with Crippen LogP contribution in [0.3, 0.4) is 0 Å². The molecule has 0 saturated carbocycles. The molecule has 15 heavy (non-hydrogen) atoms. The number of nitrogens with zero attached hydrogens (tertiary/aromatic N) is 1. The minimum Gasteiger partial charge on any atom is -0.331 e. The highest BCUT2D eigenvalue weighted by Gasteiger charge is 2.17. The fraction of sp³-hybridized carbons (Fsp3) is 0.818. The SMILES string of the molecule is CC(C)C(=O)CNC(=O)N1CCCCC1. The van der Waals surface area contributed by atoms with Crippen LogP contribution < -0.4 is 5.32 Å². The Hall–Kier alpha value is -1.06. The third-order valence-corrected chi connectivity index (χ3v) is 2.70. The van der Waals surface area contributed by atoms with Crippen LogP contribution in [0.2, 0.25) is 0 Å². The molecule has 0 aromatic heterocycles. The van der Waals surface area contributed by atoms with Gasteiger partial charge in [-0.15, -0.1) is 0 Å². The molecule has 1 aliphatic rings. The van der Waals surface area contributed by atoms with E-state index in [1.165, 1.54) is 6.42 Å². The van der Waals surface area contributed by atoms with E-state index in [1.54, 1.807) is 4.90 Å². The smallest absolute Gasteiger partial charge is 0.317 e. The van der Waals surface area contributed by atoms with Crippen LogP contribution in [0, 0.1) is 5.92 Å². The van der Waals surface area contributed by atoms with Crippen molar-refractivity contribution in [3.05, 3.63) is 0 Å². The zero-order valence-electron chi connectivity index (χ0n) is 9.58. The van der Waals surface area contributed by atoms with E-state index in [-0.39, 0.29) is 24.3 Å². The lowest BCUT2D eigenvalue weighted by Gasteiger charge is -2.26. The topological polar surface area (TPSA) is 49.4 Å². The molecule has 0 aromatic carbocycles. The molecule has 0 radical (unpaired) electrons. The molecule has 2 amide bonds. The van der Waals surface area contributed by atoms with Gasteiger partial charge in [0.25, 0.3) is 0 Å². The first-order valence-electron chi connectivity index (χ1n) is 5.66. The quantitative estimate of drug-likeness (QED) is 0.769. The third-order valence-electron chi connectivity index (χ3n) is 2.70. The molecule has 1 N–H and O–H groups in total. The van der Waals surface area contributed by atoms with Gasteiger partial charge in [-0.25, -0.2) is 4.79 Å². The number of Topliss-reactive ketones (excluding diaryl/α,β-unsaturated/α-hetero) is 1. The van der Waals surface area contributed by atoms with Crippen LogP contribution in [0.15, 0.2) is 0 Å². The molecule has 4 nitrogen and oxygen atoms in total. The van der Waals surface area contributed by atoms with Crippen LogP contribution in [0.1, 0.15) is 33.1 Å². The molecule has 1 fully saturated rings. The van der Waals surface area contributed by atoms with Gasteiger partial charge in [-0.1, -0.05) is 13.8 Å². The standard InChI is InChI=1S/C11H20N2O2/c1-9(2)10(14)8-12-11(15)13-6-4-3-5-7-13/h9H,3-8H2,1-2H3,(H,12,15). The highest BCUT2D eigenvalue weighted by molar-refractivity contribution is 5.86. The third kappa shape index (κ3) is 3.90. The van der Waals surface area contributed by atoms with Gasteiger partial charge in [0.2, 0.25) is 0 Å². The van der Waals surface area contributed by atoms with Crippen molar-refractivity contribution in [2.75, 3.05) is 19.6 Å². The Labute approximate surface area is 91.0 Å². The largest absolute Gasteiger partial charge is 0.331 e. The summed E-state index contributed by atoms with van der Waals surface area (Å²) in [7, 11) is 0. The van der Waals surface area contributed by atoms with Crippen molar-refractivity contribution in [3.8, 4) is 0 Å². The number of ketones is 1. The first-order chi connectivity index (χ1) is 7.11. The number of hydrogen-bond acceptors (Lipinski definition) is 2. The van der Waals surface area contributed by atoms with E-state index in [0.29, 0.717) is 0 Å². The maximum absolute atomic E-state index is 11.6. The second kappa shape index (κ2) is 5.73. The second-order valence-corrected chi connectivity index (χ2v) is 4.33. The van der Waals surface area contributed by atoms with Crippen LogP contribution >= 0.6 is 0 Å². The molecule has 0 aromatic rings. The van der Waals surface area contributed by atoms with Gasteiger partial charge < -0.3 is 10.2 Å². The molecule has 0 bridgehead atoms. The number of likely N-dealkylation sites (tertiary alicyclic amines) is 1. The Bertz CT molecular complexity index is 233. The lowest BCUT2D eigenvalue weighted by atomic mass is 10.1. The van der Waals surface area contributed by atoms with E-state index in [1.807, 2.05) is 13.8 Å². The molecule has 0 unspecified atom stereocenters. The fourth-order valence-electron chi connectivity index (χ4n) is 1.58. The summed E-state index contributed by atoms with van der Waals surface area (Å²) in [6.07, 6.45) is 3.35. The number of piperidine rings is 1. The molecular weight excluding hydrogens is 192 g/mol. The lowest BCUT2D eigenvalue weighted by Crippen LogP contribution is -2.44. The average molecular weight is 212 g/mol. The zero-order valence-corrected chi connectivity index (χ0v) is 9.58. The first-order valence-corrected chi connectivity index (χ1v) is 5.66. The molecule has 1 heterocycles. The first kappa shape index (κ1) is 12.0. The summed E-state index contributed by atoms with van der Waals surface area (Å²) in [5.41, 5.74) is 0. The van der Waals surface area contributed by atoms with Crippen LogP contribution in [0.4, 0.5) is 4.79 Å². The van der Waals surface area contributed by atoms with Crippen molar-refractivity contribution in [1.82, 2.24) is 10.2 Å². The monoisotopic (exact) mass is 212 g/mol. The number of hydrogen-bond donors (Lipinski definition) is 1. The number of urea groups is 1. The Morgan fingerprint density at radius 1 is 1.20 bits per heavy atom. The molecular formula is C11H20N2O2. The maximum Gasteiger partial charge on any atom is 0.317 e. The van der Waals surface area contributed by atoms with Gasteiger partial charge in [-0.05, 0) is 19.3 Å². The summed E-state index contributed by atoms with van der Waals surface area (Å²) in [6.45, 7) is 5.49. The van der Waals surface area contributed by atoms with E-state index >= 15 is 0 Å². The van der Waals surface area contributed by atoms with Crippen molar-refractivity contribution in [1.29, 1.82) is 0 Å². The van der Waals surface area contributed by atoms with Gasteiger partial charge in [0.05, 0.1) is 6.54 Å². The number of carbonyl (C=O) groups is 2.